The van der Waals surface area contributed by atoms with Crippen LogP contribution in [0.25, 0.3) is 0 Å². The number of aliphatic hydroxyl groups is 1. The van der Waals surface area contributed by atoms with Crippen LogP contribution < -0.4 is 5.32 Å². The molecule has 5 heteroatoms. The Balaban J connectivity index is 1.69. The lowest BCUT2D eigenvalue weighted by Gasteiger charge is -2.09. The van der Waals surface area contributed by atoms with Crippen LogP contribution in [0.3, 0.4) is 0 Å². The van der Waals surface area contributed by atoms with E-state index in [2.05, 4.69) is 15.6 Å². The molecule has 0 bridgehead atoms. The summed E-state index contributed by atoms with van der Waals surface area (Å²) in [6, 6.07) is 0. The normalized spacial score (nSPS) is 18.4. The van der Waals surface area contributed by atoms with Gasteiger partial charge in [0.15, 0.2) is 0 Å². The Kier molecular flexibility index (Phi) is 2.79. The zero-order chi connectivity index (χ0) is 9.97. The second kappa shape index (κ2) is 4.06. The zero-order valence-electron chi connectivity index (χ0n) is 8.35. The maximum atomic E-state index is 9.59. The number of aryl methyl sites for hydroxylation is 1. The zero-order valence-corrected chi connectivity index (χ0v) is 8.35. The maximum Gasteiger partial charge on any atom is 0.0738 e. The number of hydrogen-bond acceptors (Lipinski definition) is 4. The standard InChI is InChI=1S/C9H16N4O/c1-13-8(5-11-12-13)4-10-6-9(14)7-2-3-7/h5,7,9-10,14H,2-4,6H2,1H3. The van der Waals surface area contributed by atoms with Crippen LogP contribution in [-0.4, -0.2) is 32.7 Å². The molecule has 1 aromatic heterocycles. The number of rotatable bonds is 5. The van der Waals surface area contributed by atoms with E-state index in [0.29, 0.717) is 19.0 Å². The molecule has 2 rings (SSSR count). The molecule has 1 unspecified atom stereocenters. The van der Waals surface area contributed by atoms with Gasteiger partial charge in [0.05, 0.1) is 18.0 Å². The Labute approximate surface area is 83.1 Å². The van der Waals surface area contributed by atoms with Crippen molar-refractivity contribution >= 4 is 0 Å². The summed E-state index contributed by atoms with van der Waals surface area (Å²) in [5.41, 5.74) is 1.04. The van der Waals surface area contributed by atoms with E-state index in [-0.39, 0.29) is 6.10 Å². The van der Waals surface area contributed by atoms with E-state index in [9.17, 15) is 5.11 Å². The van der Waals surface area contributed by atoms with Crippen LogP contribution >= 0.6 is 0 Å². The van der Waals surface area contributed by atoms with Crippen LogP contribution in [0.5, 0.6) is 0 Å². The quantitative estimate of drug-likeness (QED) is 0.677. The van der Waals surface area contributed by atoms with Crippen molar-refractivity contribution < 1.29 is 5.11 Å². The molecule has 0 aliphatic heterocycles. The highest BCUT2D eigenvalue weighted by atomic mass is 16.3. The first-order chi connectivity index (χ1) is 6.77. The summed E-state index contributed by atoms with van der Waals surface area (Å²) in [5.74, 6) is 0.534. The third-order valence-electron chi connectivity index (χ3n) is 2.63. The summed E-state index contributed by atoms with van der Waals surface area (Å²) in [7, 11) is 1.86. The van der Waals surface area contributed by atoms with Gasteiger partial charge in [-0.1, -0.05) is 5.21 Å². The van der Waals surface area contributed by atoms with Crippen LogP contribution in [0.1, 0.15) is 18.5 Å². The van der Waals surface area contributed by atoms with E-state index in [1.807, 2.05) is 7.05 Å². The molecule has 1 aliphatic rings. The second-order valence-corrected chi connectivity index (χ2v) is 3.88. The summed E-state index contributed by atoms with van der Waals surface area (Å²) < 4.78 is 1.73. The van der Waals surface area contributed by atoms with E-state index in [1.165, 1.54) is 12.8 Å². The summed E-state index contributed by atoms with van der Waals surface area (Å²) in [5, 5.41) is 20.4. The van der Waals surface area contributed by atoms with Gasteiger partial charge in [-0.05, 0) is 18.8 Å². The SMILES string of the molecule is Cn1nncc1CNCC(O)C1CC1. The minimum atomic E-state index is -0.184. The fourth-order valence-corrected chi connectivity index (χ4v) is 1.47. The Bertz CT molecular complexity index is 295. The van der Waals surface area contributed by atoms with Crippen molar-refractivity contribution in [3.05, 3.63) is 11.9 Å². The van der Waals surface area contributed by atoms with Gasteiger partial charge < -0.3 is 10.4 Å². The third kappa shape index (κ3) is 2.30. The minimum absolute atomic E-state index is 0.184. The van der Waals surface area contributed by atoms with Crippen molar-refractivity contribution in [3.63, 3.8) is 0 Å². The van der Waals surface area contributed by atoms with Crippen molar-refractivity contribution in [2.24, 2.45) is 13.0 Å². The molecule has 1 aromatic rings. The van der Waals surface area contributed by atoms with E-state index in [1.54, 1.807) is 10.9 Å². The van der Waals surface area contributed by atoms with Gasteiger partial charge >= 0.3 is 0 Å². The molecule has 1 fully saturated rings. The Morgan fingerprint density at radius 2 is 2.50 bits per heavy atom. The van der Waals surface area contributed by atoms with Crippen LogP contribution in [0.15, 0.2) is 6.20 Å². The highest BCUT2D eigenvalue weighted by Gasteiger charge is 2.29. The van der Waals surface area contributed by atoms with Gasteiger partial charge in [0.2, 0.25) is 0 Å². The molecule has 5 nitrogen and oxygen atoms in total. The van der Waals surface area contributed by atoms with Crippen molar-refractivity contribution in [2.75, 3.05) is 6.54 Å². The molecule has 0 spiro atoms. The lowest BCUT2D eigenvalue weighted by molar-refractivity contribution is 0.148. The predicted octanol–water partition coefficient (Wildman–Crippen LogP) is -0.324. The summed E-state index contributed by atoms with van der Waals surface area (Å²) >= 11 is 0. The van der Waals surface area contributed by atoms with Crippen LogP contribution in [-0.2, 0) is 13.6 Å². The van der Waals surface area contributed by atoms with Crippen LogP contribution in [0.4, 0.5) is 0 Å². The number of nitrogens with zero attached hydrogens (tertiary/aromatic N) is 3. The summed E-state index contributed by atoms with van der Waals surface area (Å²) in [6.07, 6.45) is 3.90. The van der Waals surface area contributed by atoms with Crippen molar-refractivity contribution in [2.45, 2.75) is 25.5 Å². The van der Waals surface area contributed by atoms with Crippen LogP contribution in [0, 0.1) is 5.92 Å². The molecule has 0 radical (unpaired) electrons. The second-order valence-electron chi connectivity index (χ2n) is 3.88. The minimum Gasteiger partial charge on any atom is -0.392 e. The smallest absolute Gasteiger partial charge is 0.0738 e. The monoisotopic (exact) mass is 196 g/mol. The van der Waals surface area contributed by atoms with Crippen molar-refractivity contribution in [3.8, 4) is 0 Å². The average Bonchev–Trinajstić information content (AvgIpc) is 2.93. The molecule has 0 aromatic carbocycles. The molecule has 0 saturated heterocycles. The number of nitrogens with one attached hydrogen (secondary N) is 1. The van der Waals surface area contributed by atoms with Gasteiger partial charge in [-0.15, -0.1) is 5.10 Å². The van der Waals surface area contributed by atoms with Gasteiger partial charge in [-0.3, -0.25) is 4.68 Å². The molecule has 1 saturated carbocycles. The fourth-order valence-electron chi connectivity index (χ4n) is 1.47. The highest BCUT2D eigenvalue weighted by molar-refractivity contribution is 4.92. The van der Waals surface area contributed by atoms with Crippen LogP contribution in [0.2, 0.25) is 0 Å². The molecule has 1 atom stereocenters. The number of aliphatic hydroxyl groups excluding tert-OH is 1. The van der Waals surface area contributed by atoms with Crippen molar-refractivity contribution in [1.82, 2.24) is 20.3 Å². The summed E-state index contributed by atoms with van der Waals surface area (Å²) in [4.78, 5) is 0. The first-order valence-electron chi connectivity index (χ1n) is 4.99. The highest BCUT2D eigenvalue weighted by Crippen LogP contribution is 2.32. The van der Waals surface area contributed by atoms with E-state index >= 15 is 0 Å². The fraction of sp³-hybridized carbons (Fsp3) is 0.778. The molecule has 14 heavy (non-hydrogen) atoms. The first-order valence-corrected chi connectivity index (χ1v) is 4.99. The molecule has 1 heterocycles. The predicted molar refractivity (Wildman–Crippen MR) is 51.4 cm³/mol. The van der Waals surface area contributed by atoms with Gasteiger partial charge in [0.25, 0.3) is 0 Å². The molecule has 2 N–H and O–H groups in total. The molecule has 1 aliphatic carbocycles. The molecular formula is C9H16N4O. The van der Waals surface area contributed by atoms with Gasteiger partial charge in [-0.25, -0.2) is 0 Å². The molecule has 78 valence electrons. The lowest BCUT2D eigenvalue weighted by atomic mass is 10.2. The largest absolute Gasteiger partial charge is 0.392 e. The Morgan fingerprint density at radius 3 is 3.07 bits per heavy atom. The van der Waals surface area contributed by atoms with Gasteiger partial charge in [0.1, 0.15) is 0 Å². The maximum absolute atomic E-state index is 9.59. The Hall–Kier alpha value is -0.940. The van der Waals surface area contributed by atoms with E-state index < -0.39 is 0 Å². The first kappa shape index (κ1) is 9.61. The Morgan fingerprint density at radius 1 is 1.71 bits per heavy atom. The lowest BCUT2D eigenvalue weighted by Crippen LogP contribution is -2.28. The van der Waals surface area contributed by atoms with Crippen molar-refractivity contribution in [1.29, 1.82) is 0 Å². The number of hydrogen-bond donors (Lipinski definition) is 2. The number of aromatic nitrogens is 3. The molecular weight excluding hydrogens is 180 g/mol. The van der Waals surface area contributed by atoms with Gasteiger partial charge in [0, 0.05) is 20.1 Å². The summed E-state index contributed by atoms with van der Waals surface area (Å²) in [6.45, 7) is 1.38. The topological polar surface area (TPSA) is 63.0 Å². The molecule has 0 amide bonds. The average molecular weight is 196 g/mol. The van der Waals surface area contributed by atoms with E-state index in [0.717, 1.165) is 5.69 Å². The van der Waals surface area contributed by atoms with E-state index in [4.69, 9.17) is 0 Å². The van der Waals surface area contributed by atoms with Gasteiger partial charge in [-0.2, -0.15) is 0 Å². The third-order valence-corrected chi connectivity index (χ3v) is 2.63.